The maximum atomic E-state index is 7.12. The van der Waals surface area contributed by atoms with Crippen LogP contribution < -0.4 is 9.80 Å². The van der Waals surface area contributed by atoms with Gasteiger partial charge in [0.15, 0.2) is 11.2 Å². The molecule has 0 aliphatic heterocycles. The Bertz CT molecular complexity index is 4810. The van der Waals surface area contributed by atoms with Gasteiger partial charge in [-0.3, -0.25) is 0 Å². The van der Waals surface area contributed by atoms with Crippen LogP contribution in [0, 0.1) is 25.7 Å². The van der Waals surface area contributed by atoms with Gasteiger partial charge in [-0.05, 0) is 129 Å². The Hall–Kier alpha value is -10.4. The first-order valence-corrected chi connectivity index (χ1v) is 28.4. The van der Waals surface area contributed by atoms with Gasteiger partial charge in [0, 0.05) is 44.5 Å². The predicted molar refractivity (Wildman–Crippen MR) is 340 cm³/mol. The molecule has 0 spiro atoms. The van der Waals surface area contributed by atoms with Crippen LogP contribution in [0.2, 0.25) is 0 Å². The Morgan fingerprint density at radius 3 is 1.29 bits per heavy atom. The van der Waals surface area contributed by atoms with Crippen molar-refractivity contribution < 1.29 is 8.83 Å². The summed E-state index contributed by atoms with van der Waals surface area (Å²) in [5.74, 6) is -0.0206. The van der Waals surface area contributed by atoms with Gasteiger partial charge in [-0.1, -0.05) is 231 Å². The van der Waals surface area contributed by atoms with Gasteiger partial charge in [-0.2, -0.15) is 0 Å². The van der Waals surface area contributed by atoms with Gasteiger partial charge in [-0.25, -0.2) is 0 Å². The van der Waals surface area contributed by atoms with E-state index in [4.69, 9.17) is 8.83 Å². The second-order valence-corrected chi connectivity index (χ2v) is 22.0. The summed E-state index contributed by atoms with van der Waals surface area (Å²) in [4.78, 5) is 4.99. The number of anilines is 4. The molecule has 2 aromatic heterocycles. The highest BCUT2D eigenvalue weighted by Gasteiger charge is 2.43. The molecule has 82 heavy (non-hydrogen) atoms. The average molecular weight is 1050 g/mol. The first-order valence-electron chi connectivity index (χ1n) is 28.4. The number of benzene rings is 10. The van der Waals surface area contributed by atoms with Crippen molar-refractivity contribution in [3.8, 4) is 44.5 Å². The molecule has 10 aromatic carbocycles. The second kappa shape index (κ2) is 19.1. The van der Waals surface area contributed by atoms with Crippen LogP contribution in [0.4, 0.5) is 22.7 Å². The topological polar surface area (TPSA) is 32.8 Å². The van der Waals surface area contributed by atoms with Crippen LogP contribution in [0.5, 0.6) is 0 Å². The molecule has 2 atom stereocenters. The van der Waals surface area contributed by atoms with Crippen LogP contribution in [0.25, 0.3) is 88.4 Å². The fraction of sp³-hybridized carbons (Fsp3) is 0.0513. The first-order chi connectivity index (χ1) is 40.5. The molecule has 16 rings (SSSR count). The molecule has 4 heteroatoms. The van der Waals surface area contributed by atoms with E-state index in [1.54, 1.807) is 0 Å². The number of rotatable bonds is 10. The van der Waals surface area contributed by atoms with E-state index in [1.807, 2.05) is 0 Å². The molecule has 0 fully saturated rings. The Balaban J connectivity index is 0.916. The minimum absolute atomic E-state index is 0.0103. The van der Waals surface area contributed by atoms with E-state index in [1.165, 1.54) is 33.4 Å². The zero-order chi connectivity index (χ0) is 54.4. The summed E-state index contributed by atoms with van der Waals surface area (Å²) < 4.78 is 14.2. The van der Waals surface area contributed by atoms with Crippen LogP contribution in [0.3, 0.4) is 0 Å². The fourth-order valence-electron chi connectivity index (χ4n) is 13.5. The van der Waals surface area contributed by atoms with Gasteiger partial charge >= 0.3 is 0 Å². The fourth-order valence-corrected chi connectivity index (χ4v) is 13.5. The highest BCUT2D eigenvalue weighted by molar-refractivity contribution is 6.12. The van der Waals surface area contributed by atoms with Gasteiger partial charge in [0.2, 0.25) is 0 Å². The van der Waals surface area contributed by atoms with Crippen molar-refractivity contribution in [1.29, 1.82) is 0 Å². The smallest absolute Gasteiger partial charge is 0.159 e. The minimum atomic E-state index is -0.0103. The standard InChI is InChI=1S/C78H54N2O2/c1-49-19-15-29-59-61-31-17-33-71(77(61)81-75(49)59)79(69-45-39-57(51-21-7-3-8-22-51)47-65(69)53-25-11-5-12-26-53)67-43-37-55-36-42-64-68(44-38-56-35-41-63(67)73(55)74(56)64)80(72-34-18-32-62-60-30-16-20-50(2)76(60)82-78(62)72)70-46-40-58(52-23-9-4-10-24-52)48-66(70)54-27-13-6-14-28-54/h3-48,73-74H,1-2H3. The number of hydrogen-bond donors (Lipinski definition) is 0. The van der Waals surface area contributed by atoms with Gasteiger partial charge in [-0.15, -0.1) is 0 Å². The Kier molecular flexibility index (Phi) is 11.1. The van der Waals surface area contributed by atoms with E-state index < -0.39 is 0 Å². The third kappa shape index (κ3) is 7.59. The van der Waals surface area contributed by atoms with Crippen LogP contribution >= 0.6 is 0 Å². The summed E-state index contributed by atoms with van der Waals surface area (Å²) in [7, 11) is 0. The van der Waals surface area contributed by atoms with E-state index >= 15 is 0 Å². The SMILES string of the molecule is Cc1cccc2c1oc1c(N(C3=CC=C4C=CC5=C(N(c6ccc(-c7ccccc7)cc6-c6ccccc6)c6cccc7c6oc6c(C)cccc67)C=CC6=CC=C3C4C65)c3ccc(-c4ccccc4)cc3-c3ccccc3)cccc12. The number of aryl methyl sites for hydroxylation is 2. The van der Waals surface area contributed by atoms with Crippen molar-refractivity contribution in [1.82, 2.24) is 0 Å². The highest BCUT2D eigenvalue weighted by Crippen LogP contribution is 2.57. The zero-order valence-corrected chi connectivity index (χ0v) is 45.4. The Morgan fingerprint density at radius 1 is 0.317 bits per heavy atom. The first kappa shape index (κ1) is 47.6. The molecule has 0 radical (unpaired) electrons. The van der Waals surface area contributed by atoms with E-state index in [2.05, 4.69) is 303 Å². The predicted octanol–water partition coefficient (Wildman–Crippen LogP) is 21.1. The summed E-state index contributed by atoms with van der Waals surface area (Å²) >= 11 is 0. The molecule has 12 aromatic rings. The van der Waals surface area contributed by atoms with Crippen LogP contribution in [0.15, 0.2) is 322 Å². The quantitative estimate of drug-likeness (QED) is 0.137. The molecule has 0 saturated carbocycles. The molecule has 4 nitrogen and oxygen atoms in total. The molecular formula is C78H54N2O2. The third-order valence-electron chi connectivity index (χ3n) is 17.3. The molecule has 4 aliphatic rings. The van der Waals surface area contributed by atoms with Crippen molar-refractivity contribution in [3.63, 3.8) is 0 Å². The molecule has 0 saturated heterocycles. The summed E-state index contributed by atoms with van der Waals surface area (Å²) in [6, 6.07) is 83.2. The number of allylic oxidation sites excluding steroid dienone is 12. The number of furan rings is 2. The van der Waals surface area contributed by atoms with Crippen molar-refractivity contribution >= 4 is 66.6 Å². The van der Waals surface area contributed by atoms with E-state index in [-0.39, 0.29) is 11.8 Å². The average Bonchev–Trinajstić information content (AvgIpc) is 2.41. The lowest BCUT2D eigenvalue weighted by molar-refractivity contribution is 0.551. The summed E-state index contributed by atoms with van der Waals surface area (Å²) in [5, 5.41) is 4.40. The number of nitrogens with zero attached hydrogens (tertiary/aromatic N) is 2. The maximum Gasteiger partial charge on any atom is 0.159 e. The van der Waals surface area contributed by atoms with E-state index in [0.29, 0.717) is 0 Å². The lowest BCUT2D eigenvalue weighted by Crippen LogP contribution is -2.35. The molecule has 0 N–H and O–H groups in total. The van der Waals surface area contributed by atoms with Crippen molar-refractivity contribution in [2.75, 3.05) is 9.80 Å². The number of para-hydroxylation sites is 4. The van der Waals surface area contributed by atoms with Gasteiger partial charge in [0.05, 0.1) is 34.1 Å². The zero-order valence-electron chi connectivity index (χ0n) is 45.4. The van der Waals surface area contributed by atoms with Gasteiger partial charge in [0.1, 0.15) is 11.2 Å². The third-order valence-corrected chi connectivity index (χ3v) is 17.3. The lowest BCUT2D eigenvalue weighted by Gasteiger charge is -2.45. The van der Waals surface area contributed by atoms with Gasteiger partial charge in [0.25, 0.3) is 0 Å². The number of hydrogen-bond acceptors (Lipinski definition) is 4. The molecule has 2 unspecified atom stereocenters. The van der Waals surface area contributed by atoms with Crippen molar-refractivity contribution in [3.05, 3.63) is 324 Å². The molecule has 2 heterocycles. The lowest BCUT2D eigenvalue weighted by atomic mass is 9.63. The van der Waals surface area contributed by atoms with E-state index in [9.17, 15) is 0 Å². The van der Waals surface area contributed by atoms with Crippen molar-refractivity contribution in [2.24, 2.45) is 11.8 Å². The molecule has 4 aliphatic carbocycles. The summed E-state index contributed by atoms with van der Waals surface area (Å²) in [5.41, 5.74) is 26.3. The molecule has 0 bridgehead atoms. The normalized spacial score (nSPS) is 16.1. The maximum absolute atomic E-state index is 7.12. The highest BCUT2D eigenvalue weighted by atomic mass is 16.3. The van der Waals surface area contributed by atoms with Crippen LogP contribution in [-0.2, 0) is 0 Å². The minimum Gasteiger partial charge on any atom is -0.454 e. The largest absolute Gasteiger partial charge is 0.454 e. The van der Waals surface area contributed by atoms with Crippen LogP contribution in [-0.4, -0.2) is 0 Å². The molecule has 388 valence electrons. The second-order valence-electron chi connectivity index (χ2n) is 22.0. The van der Waals surface area contributed by atoms with Crippen LogP contribution in [0.1, 0.15) is 11.1 Å². The molecule has 0 amide bonds. The van der Waals surface area contributed by atoms with Crippen molar-refractivity contribution in [2.45, 2.75) is 13.8 Å². The Morgan fingerprint density at radius 2 is 0.756 bits per heavy atom. The summed E-state index contributed by atoms with van der Waals surface area (Å²) in [6.45, 7) is 4.28. The number of fused-ring (bicyclic) bond motifs is 6. The van der Waals surface area contributed by atoms with E-state index in [0.717, 1.165) is 123 Å². The molecular weight excluding hydrogens is 997 g/mol. The summed E-state index contributed by atoms with van der Waals surface area (Å²) in [6.07, 6.45) is 19.0. The monoisotopic (exact) mass is 1050 g/mol. The van der Waals surface area contributed by atoms with Gasteiger partial charge < -0.3 is 18.6 Å². The Labute approximate surface area is 476 Å².